The fourth-order valence-electron chi connectivity index (χ4n) is 1.01. The first-order valence-corrected chi connectivity index (χ1v) is 5.25. The van der Waals surface area contributed by atoms with Gasteiger partial charge < -0.3 is 20.2 Å². The van der Waals surface area contributed by atoms with Gasteiger partial charge in [0.15, 0.2) is 0 Å². The number of carbonyl (C=O) groups is 2. The predicted octanol–water partition coefficient (Wildman–Crippen LogP) is 0.0526. The van der Waals surface area contributed by atoms with Crippen molar-refractivity contribution in [3.8, 4) is 0 Å². The van der Waals surface area contributed by atoms with Crippen molar-refractivity contribution in [3.05, 3.63) is 0 Å². The van der Waals surface area contributed by atoms with Gasteiger partial charge in [-0.3, -0.25) is 4.79 Å². The summed E-state index contributed by atoms with van der Waals surface area (Å²) in [5.74, 6) is -1.02. The number of aliphatic carboxylic acids is 1. The van der Waals surface area contributed by atoms with Gasteiger partial charge >= 0.3 is 12.0 Å². The second-order valence-electron chi connectivity index (χ2n) is 4.06. The minimum atomic E-state index is -1.02. The molecule has 0 aliphatic rings. The largest absolute Gasteiger partial charge is 0.480 e. The summed E-state index contributed by atoms with van der Waals surface area (Å²) in [6, 6.07) is 0.0632. The quantitative estimate of drug-likeness (QED) is 0.677. The number of nitrogens with one attached hydrogen (secondary N) is 1. The molecule has 0 aromatic heterocycles. The molecule has 0 unspecified atom stereocenters. The molecule has 0 aromatic rings. The Hall–Kier alpha value is -1.30. The SMILES string of the molecule is CC(C)N(C)CCNC(=O)N(C)CC(=O)O. The number of nitrogens with zero attached hydrogens (tertiary/aromatic N) is 2. The van der Waals surface area contributed by atoms with Gasteiger partial charge in [-0.05, 0) is 20.9 Å². The summed E-state index contributed by atoms with van der Waals surface area (Å²) in [5.41, 5.74) is 0. The third-order valence-corrected chi connectivity index (χ3v) is 2.34. The van der Waals surface area contributed by atoms with E-state index in [2.05, 4.69) is 24.1 Å². The van der Waals surface area contributed by atoms with E-state index < -0.39 is 5.97 Å². The van der Waals surface area contributed by atoms with Gasteiger partial charge in [-0.1, -0.05) is 0 Å². The van der Waals surface area contributed by atoms with Crippen molar-refractivity contribution in [2.24, 2.45) is 0 Å². The summed E-state index contributed by atoms with van der Waals surface area (Å²) < 4.78 is 0. The van der Waals surface area contributed by atoms with E-state index in [1.807, 2.05) is 7.05 Å². The van der Waals surface area contributed by atoms with Crippen LogP contribution in [0.1, 0.15) is 13.8 Å². The fraction of sp³-hybridized carbons (Fsp3) is 0.800. The molecule has 0 aromatic carbocycles. The Balaban J connectivity index is 3.77. The third-order valence-electron chi connectivity index (χ3n) is 2.34. The molecule has 0 spiro atoms. The molecule has 0 aliphatic heterocycles. The Kier molecular flexibility index (Phi) is 6.48. The van der Waals surface area contributed by atoms with Crippen molar-refractivity contribution in [3.63, 3.8) is 0 Å². The molecule has 6 heteroatoms. The normalized spacial score (nSPS) is 10.6. The van der Waals surface area contributed by atoms with Crippen molar-refractivity contribution in [1.29, 1.82) is 0 Å². The standard InChI is InChI=1S/C10H21N3O3/c1-8(2)12(3)6-5-11-10(16)13(4)7-9(14)15/h8H,5-7H2,1-4H3,(H,11,16)(H,14,15). The highest BCUT2D eigenvalue weighted by Gasteiger charge is 2.11. The van der Waals surface area contributed by atoms with Crippen LogP contribution in [0.2, 0.25) is 0 Å². The molecule has 2 amide bonds. The van der Waals surface area contributed by atoms with Gasteiger partial charge in [0.1, 0.15) is 6.54 Å². The van der Waals surface area contributed by atoms with E-state index in [4.69, 9.17) is 5.11 Å². The Labute approximate surface area is 96.2 Å². The zero-order valence-corrected chi connectivity index (χ0v) is 10.4. The van der Waals surface area contributed by atoms with E-state index >= 15 is 0 Å². The maximum absolute atomic E-state index is 11.4. The number of carboxylic acid groups (broad SMARTS) is 1. The molecule has 0 heterocycles. The van der Waals surface area contributed by atoms with Gasteiger partial charge in [-0.15, -0.1) is 0 Å². The molecule has 0 atom stereocenters. The zero-order chi connectivity index (χ0) is 12.7. The molecule has 94 valence electrons. The van der Waals surface area contributed by atoms with Crippen LogP contribution in [0.5, 0.6) is 0 Å². The maximum atomic E-state index is 11.4. The predicted molar refractivity (Wildman–Crippen MR) is 61.4 cm³/mol. The van der Waals surface area contributed by atoms with Crippen LogP contribution in [0.4, 0.5) is 4.79 Å². The van der Waals surface area contributed by atoms with Crippen LogP contribution >= 0.6 is 0 Å². The van der Waals surface area contributed by atoms with Gasteiger partial charge in [0.25, 0.3) is 0 Å². The Morgan fingerprint density at radius 1 is 1.31 bits per heavy atom. The van der Waals surface area contributed by atoms with Crippen molar-refractivity contribution < 1.29 is 14.7 Å². The summed E-state index contributed by atoms with van der Waals surface area (Å²) >= 11 is 0. The Morgan fingerprint density at radius 3 is 2.31 bits per heavy atom. The van der Waals surface area contributed by atoms with Crippen molar-refractivity contribution in [1.82, 2.24) is 15.1 Å². The first-order valence-electron chi connectivity index (χ1n) is 5.25. The summed E-state index contributed by atoms with van der Waals surface area (Å²) in [7, 11) is 3.42. The number of amides is 2. The average Bonchev–Trinajstić information content (AvgIpc) is 2.15. The van der Waals surface area contributed by atoms with Crippen molar-refractivity contribution in [2.75, 3.05) is 33.7 Å². The highest BCUT2D eigenvalue weighted by atomic mass is 16.4. The lowest BCUT2D eigenvalue weighted by molar-refractivity contribution is -0.137. The number of urea groups is 1. The summed E-state index contributed by atoms with van der Waals surface area (Å²) in [6.07, 6.45) is 0. The van der Waals surface area contributed by atoms with E-state index in [9.17, 15) is 9.59 Å². The second-order valence-corrected chi connectivity index (χ2v) is 4.06. The Bertz CT molecular complexity index is 243. The third kappa shape index (κ3) is 6.23. The number of likely N-dealkylation sites (N-methyl/N-ethyl adjacent to an activating group) is 2. The number of carbonyl (C=O) groups excluding carboxylic acids is 1. The first kappa shape index (κ1) is 14.7. The van der Waals surface area contributed by atoms with Crippen LogP contribution in [0.15, 0.2) is 0 Å². The molecule has 0 saturated carbocycles. The number of hydrogen-bond acceptors (Lipinski definition) is 3. The van der Waals surface area contributed by atoms with Crippen LogP contribution in [0.25, 0.3) is 0 Å². The highest BCUT2D eigenvalue weighted by Crippen LogP contribution is 1.91. The highest BCUT2D eigenvalue weighted by molar-refractivity contribution is 5.79. The first-order chi connectivity index (χ1) is 7.34. The minimum absolute atomic E-state index is 0.286. The number of hydrogen-bond donors (Lipinski definition) is 2. The van der Waals surface area contributed by atoms with E-state index in [0.717, 1.165) is 11.4 Å². The molecule has 2 N–H and O–H groups in total. The van der Waals surface area contributed by atoms with E-state index in [1.165, 1.54) is 7.05 Å². The van der Waals surface area contributed by atoms with E-state index in [-0.39, 0.29) is 12.6 Å². The fourth-order valence-corrected chi connectivity index (χ4v) is 1.01. The van der Waals surface area contributed by atoms with Crippen molar-refractivity contribution in [2.45, 2.75) is 19.9 Å². The van der Waals surface area contributed by atoms with Crippen molar-refractivity contribution >= 4 is 12.0 Å². The molecular formula is C10H21N3O3. The number of rotatable bonds is 6. The smallest absolute Gasteiger partial charge is 0.323 e. The van der Waals surface area contributed by atoms with Crippen LogP contribution in [0, 0.1) is 0 Å². The lowest BCUT2D eigenvalue weighted by atomic mass is 10.3. The average molecular weight is 231 g/mol. The lowest BCUT2D eigenvalue weighted by Crippen LogP contribution is -2.43. The summed E-state index contributed by atoms with van der Waals surface area (Å²) in [6.45, 7) is 5.10. The summed E-state index contributed by atoms with van der Waals surface area (Å²) in [4.78, 5) is 24.9. The molecule has 0 aliphatic carbocycles. The summed E-state index contributed by atoms with van der Waals surface area (Å²) in [5, 5.41) is 11.1. The van der Waals surface area contributed by atoms with Crippen LogP contribution < -0.4 is 5.32 Å². The Morgan fingerprint density at radius 2 is 1.88 bits per heavy atom. The number of carboxylic acids is 1. The van der Waals surface area contributed by atoms with Gasteiger partial charge in [0.05, 0.1) is 0 Å². The molecule has 0 saturated heterocycles. The van der Waals surface area contributed by atoms with Crippen LogP contribution in [-0.2, 0) is 4.79 Å². The monoisotopic (exact) mass is 231 g/mol. The lowest BCUT2D eigenvalue weighted by Gasteiger charge is -2.22. The molecular weight excluding hydrogens is 210 g/mol. The molecule has 6 nitrogen and oxygen atoms in total. The van der Waals surface area contributed by atoms with E-state index in [0.29, 0.717) is 12.6 Å². The molecule has 16 heavy (non-hydrogen) atoms. The van der Waals surface area contributed by atoms with Gasteiger partial charge in [0.2, 0.25) is 0 Å². The van der Waals surface area contributed by atoms with Gasteiger partial charge in [0, 0.05) is 26.2 Å². The van der Waals surface area contributed by atoms with Crippen LogP contribution in [0.3, 0.4) is 0 Å². The van der Waals surface area contributed by atoms with Crippen LogP contribution in [-0.4, -0.2) is 66.7 Å². The maximum Gasteiger partial charge on any atom is 0.323 e. The van der Waals surface area contributed by atoms with Gasteiger partial charge in [-0.25, -0.2) is 4.79 Å². The molecule has 0 rings (SSSR count). The molecule has 0 fully saturated rings. The molecule has 0 radical (unpaired) electrons. The minimum Gasteiger partial charge on any atom is -0.480 e. The molecule has 0 bridgehead atoms. The van der Waals surface area contributed by atoms with E-state index in [1.54, 1.807) is 0 Å². The second kappa shape index (κ2) is 7.05. The zero-order valence-electron chi connectivity index (χ0n) is 10.4. The topological polar surface area (TPSA) is 72.9 Å². The van der Waals surface area contributed by atoms with Gasteiger partial charge in [-0.2, -0.15) is 0 Å².